The quantitative estimate of drug-likeness (QED) is 0.853. The average molecular weight is 342 g/mol. The SMILES string of the molecule is CC(C)c1cn2c(nc1=O)O[C@H](COc1ccc(C(C)(C)C)cc1)C2. The third-order valence-corrected chi connectivity index (χ3v) is 4.44. The van der Waals surface area contributed by atoms with Crippen molar-refractivity contribution in [3.63, 3.8) is 0 Å². The second kappa shape index (κ2) is 6.54. The van der Waals surface area contributed by atoms with Crippen LogP contribution in [0.25, 0.3) is 0 Å². The normalized spacial score (nSPS) is 16.6. The summed E-state index contributed by atoms with van der Waals surface area (Å²) in [6, 6.07) is 8.54. The summed E-state index contributed by atoms with van der Waals surface area (Å²) in [5.41, 5.74) is 1.90. The highest BCUT2D eigenvalue weighted by molar-refractivity contribution is 5.31. The van der Waals surface area contributed by atoms with Gasteiger partial charge in [0, 0.05) is 11.8 Å². The Hall–Kier alpha value is -2.30. The molecule has 134 valence electrons. The minimum atomic E-state index is -0.208. The van der Waals surface area contributed by atoms with Crippen molar-refractivity contribution in [3.05, 3.63) is 51.9 Å². The molecule has 5 heteroatoms. The van der Waals surface area contributed by atoms with Crippen molar-refractivity contribution < 1.29 is 9.47 Å². The van der Waals surface area contributed by atoms with Crippen LogP contribution in [0, 0.1) is 0 Å². The van der Waals surface area contributed by atoms with Crippen LogP contribution in [0.1, 0.15) is 51.7 Å². The molecule has 0 bridgehead atoms. The molecule has 0 radical (unpaired) electrons. The molecule has 0 N–H and O–H groups in total. The lowest BCUT2D eigenvalue weighted by molar-refractivity contribution is 0.143. The van der Waals surface area contributed by atoms with Crippen LogP contribution in [0.2, 0.25) is 0 Å². The van der Waals surface area contributed by atoms with E-state index in [0.717, 1.165) is 5.75 Å². The molecule has 0 spiro atoms. The zero-order valence-corrected chi connectivity index (χ0v) is 15.6. The molecular weight excluding hydrogens is 316 g/mol. The topological polar surface area (TPSA) is 53.4 Å². The van der Waals surface area contributed by atoms with Gasteiger partial charge in [0.25, 0.3) is 11.6 Å². The zero-order chi connectivity index (χ0) is 18.2. The first-order chi connectivity index (χ1) is 11.7. The summed E-state index contributed by atoms with van der Waals surface area (Å²) in [4.78, 5) is 16.0. The van der Waals surface area contributed by atoms with E-state index < -0.39 is 0 Å². The van der Waals surface area contributed by atoms with Gasteiger partial charge >= 0.3 is 0 Å². The molecule has 0 saturated heterocycles. The van der Waals surface area contributed by atoms with Gasteiger partial charge in [0.05, 0.1) is 6.54 Å². The Morgan fingerprint density at radius 3 is 2.56 bits per heavy atom. The first-order valence-electron chi connectivity index (χ1n) is 8.75. The van der Waals surface area contributed by atoms with Crippen LogP contribution in [0.3, 0.4) is 0 Å². The summed E-state index contributed by atoms with van der Waals surface area (Å²) in [5.74, 6) is 0.965. The Bertz CT molecular complexity index is 801. The molecule has 1 aromatic heterocycles. The monoisotopic (exact) mass is 342 g/mol. The van der Waals surface area contributed by atoms with E-state index >= 15 is 0 Å². The number of rotatable bonds is 4. The van der Waals surface area contributed by atoms with Gasteiger partial charge in [-0.3, -0.25) is 9.36 Å². The Morgan fingerprint density at radius 2 is 1.96 bits per heavy atom. The first-order valence-corrected chi connectivity index (χ1v) is 8.75. The summed E-state index contributed by atoms with van der Waals surface area (Å²) in [7, 11) is 0. The van der Waals surface area contributed by atoms with Crippen molar-refractivity contribution in [2.24, 2.45) is 0 Å². The van der Waals surface area contributed by atoms with Crippen molar-refractivity contribution in [1.29, 1.82) is 0 Å². The molecule has 25 heavy (non-hydrogen) atoms. The summed E-state index contributed by atoms with van der Waals surface area (Å²) in [5, 5.41) is 0. The molecular formula is C20H26N2O3. The van der Waals surface area contributed by atoms with E-state index in [1.165, 1.54) is 5.56 Å². The van der Waals surface area contributed by atoms with Crippen LogP contribution in [-0.4, -0.2) is 22.3 Å². The number of hydrogen-bond donors (Lipinski definition) is 0. The van der Waals surface area contributed by atoms with Gasteiger partial charge in [-0.1, -0.05) is 46.8 Å². The van der Waals surface area contributed by atoms with Crippen molar-refractivity contribution in [1.82, 2.24) is 9.55 Å². The van der Waals surface area contributed by atoms with E-state index in [4.69, 9.17) is 9.47 Å². The summed E-state index contributed by atoms with van der Waals surface area (Å²) >= 11 is 0. The maximum atomic E-state index is 12.0. The summed E-state index contributed by atoms with van der Waals surface area (Å²) < 4.78 is 13.5. The average Bonchev–Trinajstić information content (AvgIpc) is 2.93. The molecule has 1 atom stereocenters. The van der Waals surface area contributed by atoms with E-state index in [-0.39, 0.29) is 23.0 Å². The standard InChI is InChI=1S/C20H26N2O3/c1-13(2)17-11-22-10-16(25-19(22)21-18(17)23)12-24-15-8-6-14(7-9-15)20(3,4)5/h6-9,11,13,16H,10,12H2,1-5H3/t16-/m0/s1. The highest BCUT2D eigenvalue weighted by Gasteiger charge is 2.25. The van der Waals surface area contributed by atoms with Gasteiger partial charge in [0.2, 0.25) is 0 Å². The zero-order valence-electron chi connectivity index (χ0n) is 15.6. The van der Waals surface area contributed by atoms with Crippen LogP contribution in [0.5, 0.6) is 11.8 Å². The Labute approximate surface area is 148 Å². The predicted molar refractivity (Wildman–Crippen MR) is 97.6 cm³/mol. The van der Waals surface area contributed by atoms with Crippen molar-refractivity contribution in [3.8, 4) is 11.8 Å². The molecule has 0 unspecified atom stereocenters. The molecule has 0 aliphatic carbocycles. The fourth-order valence-electron chi connectivity index (χ4n) is 2.85. The molecule has 0 saturated carbocycles. The van der Waals surface area contributed by atoms with E-state index in [2.05, 4.69) is 37.9 Å². The number of fused-ring (bicyclic) bond motifs is 1. The van der Waals surface area contributed by atoms with Crippen LogP contribution in [-0.2, 0) is 12.0 Å². The van der Waals surface area contributed by atoms with Crippen molar-refractivity contribution >= 4 is 0 Å². The fourth-order valence-corrected chi connectivity index (χ4v) is 2.85. The van der Waals surface area contributed by atoms with Gasteiger partial charge in [0.1, 0.15) is 12.4 Å². The lowest BCUT2D eigenvalue weighted by atomic mass is 9.87. The second-order valence-corrected chi connectivity index (χ2v) is 7.92. The van der Waals surface area contributed by atoms with Crippen LogP contribution >= 0.6 is 0 Å². The second-order valence-electron chi connectivity index (χ2n) is 7.92. The molecule has 0 amide bonds. The van der Waals surface area contributed by atoms with Gasteiger partial charge < -0.3 is 9.47 Å². The summed E-state index contributed by atoms with van der Waals surface area (Å²) in [6.45, 7) is 11.6. The van der Waals surface area contributed by atoms with E-state index in [1.807, 2.05) is 36.7 Å². The molecule has 2 heterocycles. The van der Waals surface area contributed by atoms with E-state index in [1.54, 1.807) is 0 Å². The summed E-state index contributed by atoms with van der Waals surface area (Å²) in [6.07, 6.45) is 1.71. The van der Waals surface area contributed by atoms with Crippen LogP contribution in [0.15, 0.2) is 35.3 Å². The number of aromatic nitrogens is 2. The minimum absolute atomic E-state index is 0.126. The van der Waals surface area contributed by atoms with Gasteiger partial charge in [-0.15, -0.1) is 0 Å². The van der Waals surface area contributed by atoms with Crippen LogP contribution < -0.4 is 15.0 Å². The van der Waals surface area contributed by atoms with Crippen LogP contribution in [0.4, 0.5) is 0 Å². The maximum absolute atomic E-state index is 12.0. The van der Waals surface area contributed by atoms with Gasteiger partial charge in [-0.05, 0) is 29.0 Å². The van der Waals surface area contributed by atoms with Gasteiger partial charge in [-0.2, -0.15) is 4.98 Å². The highest BCUT2D eigenvalue weighted by atomic mass is 16.6. The van der Waals surface area contributed by atoms with Gasteiger partial charge in [-0.25, -0.2) is 0 Å². The molecule has 1 aliphatic heterocycles. The van der Waals surface area contributed by atoms with Crippen molar-refractivity contribution in [2.45, 2.75) is 58.6 Å². The lowest BCUT2D eigenvalue weighted by Crippen LogP contribution is -2.23. The lowest BCUT2D eigenvalue weighted by Gasteiger charge is -2.19. The number of benzene rings is 1. The van der Waals surface area contributed by atoms with Crippen molar-refractivity contribution in [2.75, 3.05) is 6.61 Å². The Morgan fingerprint density at radius 1 is 1.28 bits per heavy atom. The first kappa shape index (κ1) is 17.5. The third-order valence-electron chi connectivity index (χ3n) is 4.44. The minimum Gasteiger partial charge on any atom is -0.490 e. The number of hydrogen-bond acceptors (Lipinski definition) is 4. The molecule has 1 aromatic carbocycles. The third kappa shape index (κ3) is 3.86. The fraction of sp³-hybridized carbons (Fsp3) is 0.500. The highest BCUT2D eigenvalue weighted by Crippen LogP contribution is 2.25. The number of nitrogens with zero attached hydrogens (tertiary/aromatic N) is 2. The Kier molecular flexibility index (Phi) is 4.58. The largest absolute Gasteiger partial charge is 0.490 e. The molecule has 5 nitrogen and oxygen atoms in total. The molecule has 3 rings (SSSR count). The maximum Gasteiger partial charge on any atom is 0.300 e. The molecule has 1 aliphatic rings. The van der Waals surface area contributed by atoms with E-state index in [0.29, 0.717) is 24.7 Å². The van der Waals surface area contributed by atoms with Gasteiger partial charge in [0.15, 0.2) is 6.10 Å². The smallest absolute Gasteiger partial charge is 0.300 e. The molecule has 2 aromatic rings. The van der Waals surface area contributed by atoms with E-state index in [9.17, 15) is 4.79 Å². The predicted octanol–water partition coefficient (Wildman–Crippen LogP) is 3.50. The molecule has 0 fully saturated rings. The number of ether oxygens (including phenoxy) is 2. The Balaban J connectivity index is 1.63.